The molecule has 0 aromatic carbocycles. The molecule has 3 atom stereocenters. The molecule has 0 rings (SSSR count). The van der Waals surface area contributed by atoms with Gasteiger partial charge in [0.1, 0.15) is 6.10 Å². The van der Waals surface area contributed by atoms with Gasteiger partial charge in [0.25, 0.3) is 0 Å². The van der Waals surface area contributed by atoms with Crippen LogP contribution in [0.4, 0.5) is 0 Å². The first kappa shape index (κ1) is 25.4. The summed E-state index contributed by atoms with van der Waals surface area (Å²) in [4.78, 5) is 0. The number of unbranched alkanes of at least 4 members (excludes halogenated alkanes) is 10. The third kappa shape index (κ3) is 15.2. The van der Waals surface area contributed by atoms with Crippen molar-refractivity contribution < 1.29 is 4.74 Å². The van der Waals surface area contributed by atoms with E-state index in [0.717, 1.165) is 44.9 Å². The van der Waals surface area contributed by atoms with E-state index in [-0.39, 0.29) is 17.9 Å². The van der Waals surface area contributed by atoms with Gasteiger partial charge in [-0.2, -0.15) is 15.8 Å². The fourth-order valence-electron chi connectivity index (χ4n) is 3.33. The van der Waals surface area contributed by atoms with Crippen molar-refractivity contribution >= 4 is 0 Å². The zero-order valence-corrected chi connectivity index (χ0v) is 17.6. The van der Waals surface area contributed by atoms with E-state index in [0.29, 0.717) is 6.61 Å². The standard InChI is InChI=1S/C23H39N3O/c1-3-4-5-6-9-12-15-22(19-25)23(20-26)16-13-10-7-8-11-14-17-27-21(2)18-24/h21-23H,3-17H2,1-2H3. The summed E-state index contributed by atoms with van der Waals surface area (Å²) in [6.45, 7) is 4.65. The van der Waals surface area contributed by atoms with E-state index >= 15 is 0 Å². The van der Waals surface area contributed by atoms with E-state index in [4.69, 9.17) is 10.00 Å². The molecular formula is C23H39N3O. The van der Waals surface area contributed by atoms with Crippen molar-refractivity contribution in [1.29, 1.82) is 15.8 Å². The molecule has 0 amide bonds. The second kappa shape index (κ2) is 19.2. The van der Waals surface area contributed by atoms with Crippen molar-refractivity contribution in [2.75, 3.05) is 6.61 Å². The maximum absolute atomic E-state index is 9.43. The number of nitriles is 3. The summed E-state index contributed by atoms with van der Waals surface area (Å²) < 4.78 is 5.34. The van der Waals surface area contributed by atoms with Crippen LogP contribution in [0.2, 0.25) is 0 Å². The van der Waals surface area contributed by atoms with Crippen LogP contribution in [0, 0.1) is 45.8 Å². The van der Waals surface area contributed by atoms with Crippen molar-refractivity contribution in [3.8, 4) is 18.2 Å². The summed E-state index contributed by atoms with van der Waals surface area (Å²) in [6, 6.07) is 6.83. The molecule has 27 heavy (non-hydrogen) atoms. The highest BCUT2D eigenvalue weighted by Gasteiger charge is 2.20. The van der Waals surface area contributed by atoms with Crippen LogP contribution in [0.3, 0.4) is 0 Å². The lowest BCUT2D eigenvalue weighted by atomic mass is 9.86. The zero-order chi connectivity index (χ0) is 20.2. The lowest BCUT2D eigenvalue weighted by Crippen LogP contribution is -2.11. The van der Waals surface area contributed by atoms with E-state index in [9.17, 15) is 10.5 Å². The van der Waals surface area contributed by atoms with Gasteiger partial charge in [0.05, 0.1) is 30.0 Å². The van der Waals surface area contributed by atoms with Crippen molar-refractivity contribution in [1.82, 2.24) is 0 Å². The van der Waals surface area contributed by atoms with E-state index in [1.54, 1.807) is 6.92 Å². The minimum atomic E-state index is -0.308. The first-order chi connectivity index (χ1) is 13.2. The zero-order valence-electron chi connectivity index (χ0n) is 17.6. The molecule has 0 aliphatic heterocycles. The first-order valence-corrected chi connectivity index (χ1v) is 11.0. The van der Waals surface area contributed by atoms with Crippen LogP contribution in [0.1, 0.15) is 104 Å². The lowest BCUT2D eigenvalue weighted by Gasteiger charge is -2.15. The summed E-state index contributed by atoms with van der Waals surface area (Å²) >= 11 is 0. The largest absolute Gasteiger partial charge is 0.364 e. The molecule has 152 valence electrons. The maximum Gasteiger partial charge on any atom is 0.141 e. The normalized spacial score (nSPS) is 13.9. The van der Waals surface area contributed by atoms with Gasteiger partial charge in [-0.3, -0.25) is 0 Å². The van der Waals surface area contributed by atoms with Crippen molar-refractivity contribution in [3.63, 3.8) is 0 Å². The highest BCUT2D eigenvalue weighted by molar-refractivity contribution is 4.97. The van der Waals surface area contributed by atoms with Crippen molar-refractivity contribution in [3.05, 3.63) is 0 Å². The van der Waals surface area contributed by atoms with Gasteiger partial charge in [-0.15, -0.1) is 0 Å². The summed E-state index contributed by atoms with van der Waals surface area (Å²) in [5, 5.41) is 27.5. The van der Waals surface area contributed by atoms with Crippen LogP contribution in [-0.4, -0.2) is 12.7 Å². The molecule has 0 aliphatic rings. The summed E-state index contributed by atoms with van der Waals surface area (Å²) in [6.07, 6.45) is 15.4. The minimum Gasteiger partial charge on any atom is -0.364 e. The molecule has 0 saturated carbocycles. The Kier molecular flexibility index (Phi) is 18.1. The molecule has 0 radical (unpaired) electrons. The fourth-order valence-corrected chi connectivity index (χ4v) is 3.33. The molecule has 0 bridgehead atoms. The van der Waals surface area contributed by atoms with Gasteiger partial charge in [-0.25, -0.2) is 0 Å². The second-order valence-corrected chi connectivity index (χ2v) is 7.58. The SMILES string of the molecule is CCCCCCCCC(C#N)C(C#N)CCCCCCCCOC(C)C#N. The highest BCUT2D eigenvalue weighted by atomic mass is 16.5. The molecule has 4 nitrogen and oxygen atoms in total. The van der Waals surface area contributed by atoms with Crippen molar-refractivity contribution in [2.45, 2.75) is 110 Å². The van der Waals surface area contributed by atoms with Crippen molar-refractivity contribution in [2.24, 2.45) is 11.8 Å². The van der Waals surface area contributed by atoms with E-state index in [1.807, 2.05) is 0 Å². The third-order valence-electron chi connectivity index (χ3n) is 5.15. The molecule has 0 aliphatic carbocycles. The molecule has 0 saturated heterocycles. The Bertz CT molecular complexity index is 458. The van der Waals surface area contributed by atoms with Crippen LogP contribution < -0.4 is 0 Å². The average Bonchev–Trinajstić information content (AvgIpc) is 2.69. The number of hydrogen-bond acceptors (Lipinski definition) is 4. The van der Waals surface area contributed by atoms with E-state index in [1.165, 1.54) is 44.9 Å². The van der Waals surface area contributed by atoms with Gasteiger partial charge in [0.2, 0.25) is 0 Å². The summed E-state index contributed by atoms with van der Waals surface area (Å²) in [7, 11) is 0. The first-order valence-electron chi connectivity index (χ1n) is 11.0. The fraction of sp³-hybridized carbons (Fsp3) is 0.870. The van der Waals surface area contributed by atoms with Gasteiger partial charge in [0.15, 0.2) is 0 Å². The van der Waals surface area contributed by atoms with E-state index < -0.39 is 0 Å². The Morgan fingerprint density at radius 3 is 1.52 bits per heavy atom. The number of ether oxygens (including phenoxy) is 1. The topological polar surface area (TPSA) is 80.6 Å². The quantitative estimate of drug-likeness (QED) is 0.251. The van der Waals surface area contributed by atoms with Crippen LogP contribution in [0.15, 0.2) is 0 Å². The molecule has 0 aromatic rings. The number of nitrogens with zero attached hydrogens (tertiary/aromatic N) is 3. The average molecular weight is 374 g/mol. The lowest BCUT2D eigenvalue weighted by molar-refractivity contribution is 0.0984. The Morgan fingerprint density at radius 2 is 1.07 bits per heavy atom. The van der Waals surface area contributed by atoms with Gasteiger partial charge in [0, 0.05) is 6.61 Å². The molecule has 3 unspecified atom stereocenters. The van der Waals surface area contributed by atoms with Gasteiger partial charge in [-0.05, 0) is 26.2 Å². The predicted octanol–water partition coefficient (Wildman–Crippen LogP) is 6.68. The summed E-state index contributed by atoms with van der Waals surface area (Å²) in [5.74, 6) is -0.202. The molecule has 0 spiro atoms. The van der Waals surface area contributed by atoms with Gasteiger partial charge < -0.3 is 4.74 Å². The monoisotopic (exact) mass is 373 g/mol. The maximum atomic E-state index is 9.43. The second-order valence-electron chi connectivity index (χ2n) is 7.58. The van der Waals surface area contributed by atoms with Crippen LogP contribution in [-0.2, 0) is 4.74 Å². The smallest absolute Gasteiger partial charge is 0.141 e. The molecule has 0 fully saturated rings. The molecule has 0 aromatic heterocycles. The van der Waals surface area contributed by atoms with Crippen LogP contribution in [0.5, 0.6) is 0 Å². The molecule has 0 N–H and O–H groups in total. The predicted molar refractivity (Wildman–Crippen MR) is 110 cm³/mol. The molecule has 0 heterocycles. The summed E-state index contributed by atoms with van der Waals surface area (Å²) in [5.41, 5.74) is 0. The van der Waals surface area contributed by atoms with Gasteiger partial charge >= 0.3 is 0 Å². The van der Waals surface area contributed by atoms with Crippen LogP contribution >= 0.6 is 0 Å². The Balaban J connectivity index is 3.72. The number of rotatable bonds is 18. The molecular weight excluding hydrogens is 334 g/mol. The third-order valence-corrected chi connectivity index (χ3v) is 5.15. The Hall–Kier alpha value is -1.57. The highest BCUT2D eigenvalue weighted by Crippen LogP contribution is 2.24. The minimum absolute atomic E-state index is 0.0968. The van der Waals surface area contributed by atoms with Crippen LogP contribution in [0.25, 0.3) is 0 Å². The molecule has 4 heteroatoms. The Morgan fingerprint density at radius 1 is 0.630 bits per heavy atom. The number of hydrogen-bond donors (Lipinski definition) is 0. The van der Waals surface area contributed by atoms with E-state index in [2.05, 4.69) is 25.1 Å². The van der Waals surface area contributed by atoms with Gasteiger partial charge in [-0.1, -0.05) is 77.6 Å². The Labute approximate surface area is 167 Å².